The molecular weight excluding hydrogens is 279 g/mol. The minimum absolute atomic E-state index is 0.157. The molecule has 1 saturated heterocycles. The molecule has 110 valence electrons. The maximum Gasteiger partial charge on any atom is 0.238 e. The fraction of sp³-hybridized carbons (Fsp3) is 0.222. The number of nitrogens with zero attached hydrogens (tertiary/aromatic N) is 1. The van der Waals surface area contributed by atoms with Gasteiger partial charge in [-0.2, -0.15) is 5.26 Å². The molecule has 4 heteroatoms. The van der Waals surface area contributed by atoms with Crippen LogP contribution in [0, 0.1) is 23.1 Å². The maximum absolute atomic E-state index is 13.1. The third-order valence-corrected chi connectivity index (χ3v) is 4.13. The van der Waals surface area contributed by atoms with Crippen molar-refractivity contribution < 1.29 is 9.18 Å². The Hall–Kier alpha value is -2.67. The van der Waals surface area contributed by atoms with Gasteiger partial charge in [0.1, 0.15) is 11.7 Å². The van der Waals surface area contributed by atoms with E-state index in [9.17, 15) is 14.4 Å². The number of carbonyl (C=O) groups is 1. The van der Waals surface area contributed by atoms with Crippen LogP contribution in [0.4, 0.5) is 4.39 Å². The van der Waals surface area contributed by atoms with E-state index in [0.717, 1.165) is 11.1 Å². The molecule has 1 fully saturated rings. The van der Waals surface area contributed by atoms with Gasteiger partial charge in [-0.1, -0.05) is 42.5 Å². The fourth-order valence-electron chi connectivity index (χ4n) is 2.99. The first-order valence-electron chi connectivity index (χ1n) is 7.19. The van der Waals surface area contributed by atoms with Gasteiger partial charge in [-0.05, 0) is 29.7 Å². The maximum atomic E-state index is 13.1. The number of hydrogen-bond donors (Lipinski definition) is 1. The lowest BCUT2D eigenvalue weighted by Crippen LogP contribution is -2.42. The van der Waals surface area contributed by atoms with Crippen LogP contribution in [0.5, 0.6) is 0 Å². The lowest BCUT2D eigenvalue weighted by atomic mass is 9.77. The number of carbonyl (C=O) groups excluding carboxylic acids is 1. The highest BCUT2D eigenvalue weighted by Crippen LogP contribution is 2.38. The van der Waals surface area contributed by atoms with Crippen molar-refractivity contribution in [3.8, 4) is 6.07 Å². The van der Waals surface area contributed by atoms with Gasteiger partial charge in [0.25, 0.3) is 0 Å². The zero-order valence-electron chi connectivity index (χ0n) is 11.9. The third kappa shape index (κ3) is 2.71. The highest BCUT2D eigenvalue weighted by Gasteiger charge is 2.37. The lowest BCUT2D eigenvalue weighted by molar-refractivity contribution is -0.126. The molecule has 2 aromatic carbocycles. The van der Waals surface area contributed by atoms with Gasteiger partial charge in [0, 0.05) is 5.92 Å². The van der Waals surface area contributed by atoms with Gasteiger partial charge in [0.15, 0.2) is 0 Å². The molecule has 0 spiro atoms. The average molecular weight is 294 g/mol. The van der Waals surface area contributed by atoms with E-state index in [-0.39, 0.29) is 23.7 Å². The predicted octanol–water partition coefficient (Wildman–Crippen LogP) is 3.31. The van der Waals surface area contributed by atoms with Gasteiger partial charge in [-0.3, -0.25) is 4.79 Å². The van der Waals surface area contributed by atoms with Gasteiger partial charge in [0.2, 0.25) is 5.91 Å². The van der Waals surface area contributed by atoms with Gasteiger partial charge in [-0.25, -0.2) is 4.39 Å². The molecule has 1 heterocycles. The molecule has 3 rings (SSSR count). The minimum Gasteiger partial charge on any atom is -0.348 e. The second-order valence-electron chi connectivity index (χ2n) is 5.47. The molecule has 0 aromatic heterocycles. The fourth-order valence-corrected chi connectivity index (χ4v) is 2.99. The number of rotatable bonds is 2. The van der Waals surface area contributed by atoms with Crippen LogP contribution >= 0.6 is 0 Å². The number of hydrogen-bond acceptors (Lipinski definition) is 2. The zero-order chi connectivity index (χ0) is 15.5. The topological polar surface area (TPSA) is 52.9 Å². The molecule has 3 nitrogen and oxygen atoms in total. The van der Waals surface area contributed by atoms with Crippen molar-refractivity contribution in [1.29, 1.82) is 5.26 Å². The second kappa shape index (κ2) is 5.98. The molecule has 1 N–H and O–H groups in total. The van der Waals surface area contributed by atoms with Gasteiger partial charge < -0.3 is 5.32 Å². The third-order valence-electron chi connectivity index (χ3n) is 4.13. The first-order valence-corrected chi connectivity index (χ1v) is 7.19. The number of nitrogens with one attached hydrogen (secondary N) is 1. The number of amides is 1. The average Bonchev–Trinajstić information content (AvgIpc) is 2.55. The van der Waals surface area contributed by atoms with E-state index in [2.05, 4.69) is 11.4 Å². The molecule has 0 bridgehead atoms. The van der Waals surface area contributed by atoms with E-state index in [0.29, 0.717) is 6.42 Å². The van der Waals surface area contributed by atoms with Crippen LogP contribution in [0.15, 0.2) is 54.6 Å². The molecule has 2 aromatic rings. The Morgan fingerprint density at radius 2 is 1.73 bits per heavy atom. The predicted molar refractivity (Wildman–Crippen MR) is 80.2 cm³/mol. The van der Waals surface area contributed by atoms with Crippen LogP contribution < -0.4 is 5.32 Å². The summed E-state index contributed by atoms with van der Waals surface area (Å²) in [5.74, 6) is -1.42. The lowest BCUT2D eigenvalue weighted by Gasteiger charge is -2.33. The SMILES string of the molecule is N#CC1C(=O)NC(c2ccc(F)cc2)CC1c1ccccc1. The molecule has 0 aliphatic carbocycles. The number of nitriles is 1. The molecule has 3 atom stereocenters. The van der Waals surface area contributed by atoms with E-state index in [1.54, 1.807) is 12.1 Å². The summed E-state index contributed by atoms with van der Waals surface area (Å²) in [6.45, 7) is 0. The number of halogens is 1. The number of piperidine rings is 1. The monoisotopic (exact) mass is 294 g/mol. The Morgan fingerprint density at radius 3 is 2.36 bits per heavy atom. The van der Waals surface area contributed by atoms with Crippen molar-refractivity contribution in [3.05, 3.63) is 71.5 Å². The highest BCUT2D eigenvalue weighted by molar-refractivity contribution is 5.83. The Kier molecular flexibility index (Phi) is 3.88. The summed E-state index contributed by atoms with van der Waals surface area (Å²) in [6, 6.07) is 17.6. The Bertz CT molecular complexity index is 706. The molecule has 1 aliphatic heterocycles. The first kappa shape index (κ1) is 14.3. The zero-order valence-corrected chi connectivity index (χ0v) is 11.9. The number of benzene rings is 2. The minimum atomic E-state index is -0.695. The van der Waals surface area contributed by atoms with Crippen molar-refractivity contribution in [2.75, 3.05) is 0 Å². The summed E-state index contributed by atoms with van der Waals surface area (Å²) in [5.41, 5.74) is 1.84. The summed E-state index contributed by atoms with van der Waals surface area (Å²) >= 11 is 0. The normalized spacial score (nSPS) is 24.4. The Morgan fingerprint density at radius 1 is 1.05 bits per heavy atom. The molecule has 1 aliphatic rings. The van der Waals surface area contributed by atoms with Crippen molar-refractivity contribution in [3.63, 3.8) is 0 Å². The van der Waals surface area contributed by atoms with E-state index in [1.807, 2.05) is 30.3 Å². The smallest absolute Gasteiger partial charge is 0.238 e. The Labute approximate surface area is 128 Å². The van der Waals surface area contributed by atoms with Crippen molar-refractivity contribution in [1.82, 2.24) is 5.32 Å². The summed E-state index contributed by atoms with van der Waals surface area (Å²) in [5, 5.41) is 12.2. The standard InChI is InChI=1S/C18H15FN2O/c19-14-8-6-13(7-9-14)17-10-15(12-4-2-1-3-5-12)16(11-20)18(22)21-17/h1-9,15-17H,10H2,(H,21,22). The quantitative estimate of drug-likeness (QED) is 0.924. The molecular formula is C18H15FN2O. The van der Waals surface area contributed by atoms with E-state index in [1.165, 1.54) is 12.1 Å². The molecule has 1 amide bonds. The molecule has 22 heavy (non-hydrogen) atoms. The summed E-state index contributed by atoms with van der Waals surface area (Å²) in [6.07, 6.45) is 0.625. The van der Waals surface area contributed by atoms with Crippen LogP contribution in [-0.2, 0) is 4.79 Å². The van der Waals surface area contributed by atoms with Gasteiger partial charge in [0.05, 0.1) is 12.1 Å². The van der Waals surface area contributed by atoms with Gasteiger partial charge >= 0.3 is 0 Å². The molecule has 0 saturated carbocycles. The van der Waals surface area contributed by atoms with E-state index >= 15 is 0 Å². The van der Waals surface area contributed by atoms with Crippen LogP contribution in [0.1, 0.15) is 29.5 Å². The highest BCUT2D eigenvalue weighted by atomic mass is 19.1. The summed E-state index contributed by atoms with van der Waals surface area (Å²) < 4.78 is 13.1. The summed E-state index contributed by atoms with van der Waals surface area (Å²) in [7, 11) is 0. The molecule has 0 radical (unpaired) electrons. The van der Waals surface area contributed by atoms with Crippen LogP contribution in [0.2, 0.25) is 0 Å². The van der Waals surface area contributed by atoms with Crippen molar-refractivity contribution in [2.45, 2.75) is 18.4 Å². The van der Waals surface area contributed by atoms with Crippen molar-refractivity contribution in [2.24, 2.45) is 5.92 Å². The van der Waals surface area contributed by atoms with Crippen LogP contribution in [-0.4, -0.2) is 5.91 Å². The first-order chi connectivity index (χ1) is 10.7. The Balaban J connectivity index is 1.92. The van der Waals surface area contributed by atoms with Crippen molar-refractivity contribution >= 4 is 5.91 Å². The van der Waals surface area contributed by atoms with E-state index < -0.39 is 5.92 Å². The largest absolute Gasteiger partial charge is 0.348 e. The van der Waals surface area contributed by atoms with E-state index in [4.69, 9.17) is 0 Å². The van der Waals surface area contributed by atoms with Gasteiger partial charge in [-0.15, -0.1) is 0 Å². The summed E-state index contributed by atoms with van der Waals surface area (Å²) in [4.78, 5) is 12.3. The van der Waals surface area contributed by atoms with Crippen LogP contribution in [0.3, 0.4) is 0 Å². The van der Waals surface area contributed by atoms with Crippen LogP contribution in [0.25, 0.3) is 0 Å². The molecule has 3 unspecified atom stereocenters. The second-order valence-corrected chi connectivity index (χ2v) is 5.47.